The van der Waals surface area contributed by atoms with E-state index >= 15 is 0 Å². The Balaban J connectivity index is 3.68. The zero-order valence-corrected chi connectivity index (χ0v) is 6.00. The summed E-state index contributed by atoms with van der Waals surface area (Å²) in [6, 6.07) is 0. The summed E-state index contributed by atoms with van der Waals surface area (Å²) >= 11 is 0. The average molecular weight is 104 g/mol. The second-order valence-electron chi connectivity index (χ2n) is 2.00. The van der Waals surface area contributed by atoms with Gasteiger partial charge in [-0.2, -0.15) is 0 Å². The molecule has 0 saturated carbocycles. The van der Waals surface area contributed by atoms with Crippen LogP contribution in [-0.4, -0.2) is 18.6 Å². The Morgan fingerprint density at radius 1 is 1.17 bits per heavy atom. The topological polar surface area (TPSA) is 0 Å². The molecule has 0 N–H and O–H groups in total. The fraction of sp³-hybridized carbons (Fsp3) is 0.800. The summed E-state index contributed by atoms with van der Waals surface area (Å²) in [7, 11) is -0.0350. The van der Waals surface area contributed by atoms with Crippen LogP contribution in [0.4, 0.5) is 0 Å². The fourth-order valence-electron chi connectivity index (χ4n) is 0. The predicted octanol–water partition coefficient (Wildman–Crippen LogP) is 1.67. The van der Waals surface area contributed by atoms with Gasteiger partial charge in [-0.15, -0.1) is 7.55 Å². The molecular formula is C5H13P. The van der Waals surface area contributed by atoms with Crippen molar-refractivity contribution in [2.24, 2.45) is 0 Å². The Kier molecular flexibility index (Phi) is 2.59. The molecule has 0 radical (unpaired) electrons. The first-order valence-electron chi connectivity index (χ1n) is 2.25. The van der Waals surface area contributed by atoms with Gasteiger partial charge < -0.3 is 0 Å². The molecule has 0 bridgehead atoms. The average Bonchev–Trinajstić information content (AvgIpc) is 1.36. The van der Waals surface area contributed by atoms with Crippen LogP contribution in [0.1, 0.15) is 13.8 Å². The molecule has 0 aliphatic rings. The summed E-state index contributed by atoms with van der Waals surface area (Å²) in [5.74, 6) is 0. The lowest BCUT2D eigenvalue weighted by Gasteiger charge is -1.89. The van der Waals surface area contributed by atoms with Crippen LogP contribution in [0.25, 0.3) is 0 Å². The van der Waals surface area contributed by atoms with Gasteiger partial charge in [0.05, 0.1) is 0 Å². The lowest BCUT2D eigenvalue weighted by atomic mass is 10.6. The van der Waals surface area contributed by atoms with Crippen LogP contribution in [0.15, 0.2) is 0 Å². The van der Waals surface area contributed by atoms with Crippen molar-refractivity contribution in [1.29, 1.82) is 0 Å². The lowest BCUT2D eigenvalue weighted by Crippen LogP contribution is -1.73. The molecule has 1 heteroatoms. The number of rotatable bonds is 0. The van der Waals surface area contributed by atoms with Crippen LogP contribution in [0.2, 0.25) is 0 Å². The van der Waals surface area contributed by atoms with Gasteiger partial charge in [-0.3, -0.25) is 0 Å². The maximum absolute atomic E-state index is 2.31. The second kappa shape index (κ2) is 2.47. The molecule has 0 aliphatic carbocycles. The molecule has 0 aromatic rings. The smallest absolute Gasteiger partial charge is 0.0440 e. The molecule has 0 nitrogen and oxygen atoms in total. The largest absolute Gasteiger partial charge is 0.125 e. The monoisotopic (exact) mass is 104 g/mol. The van der Waals surface area contributed by atoms with E-state index in [-0.39, 0.29) is 7.55 Å². The molecule has 0 heterocycles. The van der Waals surface area contributed by atoms with Crippen LogP contribution in [0.3, 0.4) is 0 Å². The van der Waals surface area contributed by atoms with E-state index in [4.69, 9.17) is 0 Å². The van der Waals surface area contributed by atoms with E-state index in [1.807, 2.05) is 0 Å². The van der Waals surface area contributed by atoms with Crippen molar-refractivity contribution in [1.82, 2.24) is 0 Å². The summed E-state index contributed by atoms with van der Waals surface area (Å²) in [5.41, 5.74) is 0. The maximum atomic E-state index is 2.31. The summed E-state index contributed by atoms with van der Waals surface area (Å²) in [6.07, 6.45) is 0. The lowest BCUT2D eigenvalue weighted by molar-refractivity contribution is 1.84. The zero-order valence-electron chi connectivity index (χ0n) is 5.00. The van der Waals surface area contributed by atoms with Gasteiger partial charge in [0.25, 0.3) is 0 Å². The molecule has 0 fully saturated rings. The highest BCUT2D eigenvalue weighted by atomic mass is 31.1. The molecule has 0 saturated heterocycles. The van der Waals surface area contributed by atoms with Crippen LogP contribution in [-0.2, 0) is 0 Å². The number of hydrogen-bond donors (Lipinski definition) is 0. The van der Waals surface area contributed by atoms with E-state index in [9.17, 15) is 0 Å². The highest BCUT2D eigenvalue weighted by Crippen LogP contribution is 2.10. The Labute approximate surface area is 41.0 Å². The first-order chi connectivity index (χ1) is 2.64. The van der Waals surface area contributed by atoms with Crippen LogP contribution in [0, 0.1) is 0 Å². The summed E-state index contributed by atoms with van der Waals surface area (Å²) in [6.45, 7) is 9.02. The molecular weight excluding hydrogens is 91.0 g/mol. The van der Waals surface area contributed by atoms with Gasteiger partial charge in [0.2, 0.25) is 0 Å². The Morgan fingerprint density at radius 2 is 1.33 bits per heavy atom. The van der Waals surface area contributed by atoms with Crippen molar-refractivity contribution in [3.05, 3.63) is 0 Å². The summed E-state index contributed by atoms with van der Waals surface area (Å²) < 4.78 is 0. The van der Waals surface area contributed by atoms with Crippen molar-refractivity contribution < 1.29 is 0 Å². The van der Waals surface area contributed by atoms with Gasteiger partial charge >= 0.3 is 0 Å². The minimum absolute atomic E-state index is 0.0350. The molecule has 0 aliphatic heterocycles. The van der Waals surface area contributed by atoms with Gasteiger partial charge in [0.1, 0.15) is 0 Å². The van der Waals surface area contributed by atoms with E-state index in [1.54, 1.807) is 5.29 Å². The maximum Gasteiger partial charge on any atom is -0.0440 e. The first-order valence-corrected chi connectivity index (χ1v) is 4.75. The van der Waals surface area contributed by atoms with Gasteiger partial charge in [-0.25, -0.2) is 0 Å². The van der Waals surface area contributed by atoms with E-state index in [1.165, 1.54) is 0 Å². The van der Waals surface area contributed by atoms with Crippen LogP contribution >= 0.6 is 7.55 Å². The zero-order chi connectivity index (χ0) is 5.15. The molecule has 0 amide bonds. The van der Waals surface area contributed by atoms with Gasteiger partial charge in [-0.05, 0) is 27.2 Å². The number of hydrogen-bond acceptors (Lipinski definition) is 0. The molecule has 0 atom stereocenters. The minimum atomic E-state index is -0.0350. The van der Waals surface area contributed by atoms with Crippen molar-refractivity contribution in [2.45, 2.75) is 13.8 Å². The van der Waals surface area contributed by atoms with E-state index in [0.29, 0.717) is 0 Å². The Morgan fingerprint density at radius 3 is 1.33 bits per heavy atom. The van der Waals surface area contributed by atoms with Crippen molar-refractivity contribution in [3.8, 4) is 0 Å². The SMILES string of the molecule is CC(C)=[PH](C)C. The molecule has 0 rings (SSSR count). The Hall–Kier alpha value is 0.300. The molecule has 0 aromatic heterocycles. The third-order valence-corrected chi connectivity index (χ3v) is 3.00. The third-order valence-electron chi connectivity index (χ3n) is 1.00. The summed E-state index contributed by atoms with van der Waals surface area (Å²) in [5, 5.41) is 1.61. The molecule has 0 spiro atoms. The van der Waals surface area contributed by atoms with Crippen molar-refractivity contribution in [2.75, 3.05) is 13.3 Å². The normalized spacial score (nSPS) is 9.50. The highest BCUT2D eigenvalue weighted by molar-refractivity contribution is 7.57. The fourth-order valence-corrected chi connectivity index (χ4v) is 0. The van der Waals surface area contributed by atoms with E-state index in [2.05, 4.69) is 27.2 Å². The van der Waals surface area contributed by atoms with Crippen molar-refractivity contribution >= 4 is 12.8 Å². The Bertz CT molecular complexity index is 54.0. The van der Waals surface area contributed by atoms with Crippen LogP contribution < -0.4 is 0 Å². The van der Waals surface area contributed by atoms with E-state index in [0.717, 1.165) is 0 Å². The summed E-state index contributed by atoms with van der Waals surface area (Å²) in [4.78, 5) is 0. The van der Waals surface area contributed by atoms with E-state index < -0.39 is 0 Å². The molecule has 0 unspecified atom stereocenters. The molecule has 38 valence electrons. The molecule has 6 heavy (non-hydrogen) atoms. The third kappa shape index (κ3) is 2.53. The highest BCUT2D eigenvalue weighted by Gasteiger charge is 1.73. The quantitative estimate of drug-likeness (QED) is 0.410. The second-order valence-corrected chi connectivity index (χ2v) is 5.00. The predicted molar refractivity (Wildman–Crippen MR) is 36.5 cm³/mol. The van der Waals surface area contributed by atoms with Gasteiger partial charge in [0, 0.05) is 0 Å². The minimum Gasteiger partial charge on any atom is -0.125 e. The van der Waals surface area contributed by atoms with Crippen molar-refractivity contribution in [3.63, 3.8) is 0 Å². The van der Waals surface area contributed by atoms with Gasteiger partial charge in [0.15, 0.2) is 0 Å². The van der Waals surface area contributed by atoms with Crippen LogP contribution in [0.5, 0.6) is 0 Å². The molecule has 0 aromatic carbocycles. The van der Waals surface area contributed by atoms with Gasteiger partial charge in [-0.1, -0.05) is 5.29 Å². The standard InChI is InChI=1S/C5H13P/c1-5(2)6(3)4/h6H,1-4H3. The first kappa shape index (κ1) is 6.30.